The molecule has 7 nitrogen and oxygen atoms in total. The second-order valence-electron chi connectivity index (χ2n) is 6.75. The largest absolute Gasteiger partial charge is 0.477 e. The minimum absolute atomic E-state index is 0.0766. The molecule has 1 atom stereocenters. The van der Waals surface area contributed by atoms with Crippen LogP contribution in [0.1, 0.15) is 40.6 Å². The van der Waals surface area contributed by atoms with Crippen molar-refractivity contribution in [1.82, 2.24) is 19.5 Å². The quantitative estimate of drug-likeness (QED) is 0.750. The van der Waals surface area contributed by atoms with E-state index >= 15 is 0 Å². The Kier molecular flexibility index (Phi) is 4.82. The monoisotopic (exact) mass is 363 g/mol. The Morgan fingerprint density at radius 1 is 1.22 bits per heavy atom. The van der Waals surface area contributed by atoms with Gasteiger partial charge in [0.1, 0.15) is 11.6 Å². The first-order valence-electron chi connectivity index (χ1n) is 9.06. The van der Waals surface area contributed by atoms with E-state index in [9.17, 15) is 9.90 Å². The van der Waals surface area contributed by atoms with Crippen LogP contribution in [0.15, 0.2) is 55.1 Å². The van der Waals surface area contributed by atoms with Crippen molar-refractivity contribution in [2.75, 3.05) is 18.0 Å². The Morgan fingerprint density at radius 2 is 2.15 bits per heavy atom. The van der Waals surface area contributed by atoms with E-state index < -0.39 is 5.97 Å². The van der Waals surface area contributed by atoms with Gasteiger partial charge >= 0.3 is 5.97 Å². The van der Waals surface area contributed by atoms with Gasteiger partial charge in [0.15, 0.2) is 5.69 Å². The van der Waals surface area contributed by atoms with Crippen LogP contribution < -0.4 is 4.90 Å². The Hall–Kier alpha value is -3.22. The summed E-state index contributed by atoms with van der Waals surface area (Å²) < 4.78 is 2.17. The molecular formula is C20H21N5O2. The SMILES string of the molecule is O=C(O)c1cccc(N2CCC[C@H](c3nccn3Cc3cccnc3)C2)n1. The van der Waals surface area contributed by atoms with Gasteiger partial charge in [0.05, 0.1) is 6.54 Å². The van der Waals surface area contributed by atoms with Gasteiger partial charge in [-0.1, -0.05) is 12.1 Å². The van der Waals surface area contributed by atoms with E-state index in [1.807, 2.05) is 30.7 Å². The van der Waals surface area contributed by atoms with Crippen LogP contribution in [-0.2, 0) is 6.54 Å². The van der Waals surface area contributed by atoms with Crippen molar-refractivity contribution < 1.29 is 9.90 Å². The topological polar surface area (TPSA) is 84.1 Å². The molecule has 1 N–H and O–H groups in total. The third-order valence-corrected chi connectivity index (χ3v) is 4.89. The molecule has 4 heterocycles. The molecule has 0 spiro atoms. The van der Waals surface area contributed by atoms with Crippen molar-refractivity contribution in [3.8, 4) is 0 Å². The Labute approximate surface area is 157 Å². The molecule has 7 heteroatoms. The van der Waals surface area contributed by atoms with E-state index in [4.69, 9.17) is 0 Å². The second kappa shape index (κ2) is 7.57. The molecule has 138 valence electrons. The van der Waals surface area contributed by atoms with Crippen LogP contribution in [0.3, 0.4) is 0 Å². The maximum Gasteiger partial charge on any atom is 0.354 e. The summed E-state index contributed by atoms with van der Waals surface area (Å²) >= 11 is 0. The first-order chi connectivity index (χ1) is 13.2. The molecule has 0 bridgehead atoms. The number of nitrogens with zero attached hydrogens (tertiary/aromatic N) is 5. The minimum Gasteiger partial charge on any atom is -0.477 e. The van der Waals surface area contributed by atoms with E-state index in [-0.39, 0.29) is 11.6 Å². The fraction of sp³-hybridized carbons (Fsp3) is 0.300. The number of aromatic carboxylic acids is 1. The van der Waals surface area contributed by atoms with Crippen molar-refractivity contribution in [2.24, 2.45) is 0 Å². The first kappa shape index (κ1) is 17.2. The van der Waals surface area contributed by atoms with Crippen molar-refractivity contribution in [2.45, 2.75) is 25.3 Å². The highest BCUT2D eigenvalue weighted by Gasteiger charge is 2.26. The first-order valence-corrected chi connectivity index (χ1v) is 9.06. The highest BCUT2D eigenvalue weighted by atomic mass is 16.4. The lowest BCUT2D eigenvalue weighted by Gasteiger charge is -2.33. The van der Waals surface area contributed by atoms with E-state index in [1.54, 1.807) is 12.3 Å². The van der Waals surface area contributed by atoms with E-state index in [0.717, 1.165) is 43.9 Å². The van der Waals surface area contributed by atoms with Crippen LogP contribution in [0.4, 0.5) is 5.82 Å². The number of rotatable bonds is 5. The van der Waals surface area contributed by atoms with E-state index in [2.05, 4.69) is 30.5 Å². The summed E-state index contributed by atoms with van der Waals surface area (Å²) in [5.74, 6) is 1.04. The zero-order chi connectivity index (χ0) is 18.6. The maximum atomic E-state index is 11.2. The molecule has 27 heavy (non-hydrogen) atoms. The third kappa shape index (κ3) is 3.81. The highest BCUT2D eigenvalue weighted by molar-refractivity contribution is 5.85. The number of anilines is 1. The summed E-state index contributed by atoms with van der Waals surface area (Å²) in [4.78, 5) is 26.4. The Bertz CT molecular complexity index is 925. The van der Waals surface area contributed by atoms with Gasteiger partial charge in [0.2, 0.25) is 0 Å². The maximum absolute atomic E-state index is 11.2. The summed E-state index contributed by atoms with van der Waals surface area (Å²) in [6, 6.07) is 9.14. The molecule has 3 aromatic heterocycles. The van der Waals surface area contributed by atoms with Gasteiger partial charge in [-0.3, -0.25) is 4.98 Å². The highest BCUT2D eigenvalue weighted by Crippen LogP contribution is 2.28. The van der Waals surface area contributed by atoms with Crippen LogP contribution in [0.25, 0.3) is 0 Å². The van der Waals surface area contributed by atoms with Gasteiger partial charge in [0.25, 0.3) is 0 Å². The molecule has 1 aliphatic heterocycles. The molecule has 1 aliphatic rings. The van der Waals surface area contributed by atoms with Gasteiger partial charge in [-0.25, -0.2) is 14.8 Å². The zero-order valence-electron chi connectivity index (χ0n) is 14.9. The molecule has 0 aliphatic carbocycles. The molecule has 3 aromatic rings. The molecule has 0 amide bonds. The number of imidazole rings is 1. The smallest absolute Gasteiger partial charge is 0.354 e. The van der Waals surface area contributed by atoms with Crippen molar-refractivity contribution in [1.29, 1.82) is 0 Å². The van der Waals surface area contributed by atoms with Gasteiger partial charge in [0, 0.05) is 43.8 Å². The predicted octanol–water partition coefficient (Wildman–Crippen LogP) is 2.80. The standard InChI is InChI=1S/C20H21N5O2/c26-20(27)17-6-1-7-18(23-17)24-10-3-5-16(14-24)19-22-9-11-25(19)13-15-4-2-8-21-12-15/h1-2,4,6-9,11-12,16H,3,5,10,13-14H2,(H,26,27)/t16-/m0/s1. The van der Waals surface area contributed by atoms with Crippen LogP contribution in [0.5, 0.6) is 0 Å². The number of hydrogen-bond acceptors (Lipinski definition) is 5. The lowest BCUT2D eigenvalue weighted by molar-refractivity contribution is 0.0690. The summed E-state index contributed by atoms with van der Waals surface area (Å²) in [6.07, 6.45) is 9.56. The van der Waals surface area contributed by atoms with Gasteiger partial charge in [-0.2, -0.15) is 0 Å². The molecule has 1 saturated heterocycles. The van der Waals surface area contributed by atoms with Crippen molar-refractivity contribution >= 4 is 11.8 Å². The number of carbonyl (C=O) groups is 1. The molecule has 0 saturated carbocycles. The molecular weight excluding hydrogens is 342 g/mol. The Morgan fingerprint density at radius 3 is 2.96 bits per heavy atom. The second-order valence-corrected chi connectivity index (χ2v) is 6.75. The lowest BCUT2D eigenvalue weighted by Crippen LogP contribution is -2.36. The molecule has 0 radical (unpaired) electrons. The molecule has 0 aromatic carbocycles. The van der Waals surface area contributed by atoms with Crippen LogP contribution >= 0.6 is 0 Å². The third-order valence-electron chi connectivity index (χ3n) is 4.89. The summed E-state index contributed by atoms with van der Waals surface area (Å²) in [7, 11) is 0. The Balaban J connectivity index is 1.53. The summed E-state index contributed by atoms with van der Waals surface area (Å²) in [5, 5.41) is 9.19. The fourth-order valence-corrected chi connectivity index (χ4v) is 3.62. The predicted molar refractivity (Wildman–Crippen MR) is 101 cm³/mol. The van der Waals surface area contributed by atoms with Gasteiger partial charge in [-0.15, -0.1) is 0 Å². The summed E-state index contributed by atoms with van der Waals surface area (Å²) in [6.45, 7) is 2.39. The van der Waals surface area contributed by atoms with Crippen LogP contribution in [0.2, 0.25) is 0 Å². The van der Waals surface area contributed by atoms with Gasteiger partial charge in [-0.05, 0) is 36.6 Å². The van der Waals surface area contributed by atoms with Crippen molar-refractivity contribution in [3.63, 3.8) is 0 Å². The zero-order valence-corrected chi connectivity index (χ0v) is 14.9. The van der Waals surface area contributed by atoms with Crippen LogP contribution in [0, 0.1) is 0 Å². The minimum atomic E-state index is -1.00. The normalized spacial score (nSPS) is 17.0. The van der Waals surface area contributed by atoms with E-state index in [1.165, 1.54) is 6.07 Å². The average molecular weight is 363 g/mol. The van der Waals surface area contributed by atoms with Gasteiger partial charge < -0.3 is 14.6 Å². The number of piperidine rings is 1. The van der Waals surface area contributed by atoms with E-state index in [0.29, 0.717) is 5.82 Å². The summed E-state index contributed by atoms with van der Waals surface area (Å²) in [5.41, 5.74) is 1.22. The molecule has 1 fully saturated rings. The van der Waals surface area contributed by atoms with Crippen LogP contribution in [-0.4, -0.2) is 43.7 Å². The average Bonchev–Trinajstić information content (AvgIpc) is 3.17. The molecule has 0 unspecified atom stereocenters. The number of carboxylic acid groups (broad SMARTS) is 1. The number of aromatic nitrogens is 4. The number of pyridine rings is 2. The lowest BCUT2D eigenvalue weighted by atomic mass is 9.97. The fourth-order valence-electron chi connectivity index (χ4n) is 3.62. The van der Waals surface area contributed by atoms with Crippen molar-refractivity contribution in [3.05, 3.63) is 72.2 Å². The number of carboxylic acids is 1. The molecule has 4 rings (SSSR count). The number of hydrogen-bond donors (Lipinski definition) is 1.